The molecule has 7 heteroatoms. The van der Waals surface area contributed by atoms with Crippen molar-refractivity contribution in [3.8, 4) is 11.5 Å². The molecule has 3 aromatic rings. The Morgan fingerprint density at radius 1 is 1.13 bits per heavy atom. The van der Waals surface area contributed by atoms with Gasteiger partial charge >= 0.3 is 0 Å². The first-order valence-corrected chi connectivity index (χ1v) is 10.8. The second-order valence-corrected chi connectivity index (χ2v) is 7.95. The minimum Gasteiger partial charge on any atom is -0.493 e. The van der Waals surface area contributed by atoms with E-state index < -0.39 is 0 Å². The van der Waals surface area contributed by atoms with E-state index in [-0.39, 0.29) is 5.91 Å². The zero-order valence-electron chi connectivity index (χ0n) is 17.0. The highest BCUT2D eigenvalue weighted by atomic mass is 79.9. The fraction of sp³-hybridized carbons (Fsp3) is 0.167. The van der Waals surface area contributed by atoms with E-state index in [1.807, 2.05) is 60.7 Å². The molecule has 3 rings (SSSR count). The number of methoxy groups -OCH3 is 1. The van der Waals surface area contributed by atoms with E-state index in [1.54, 1.807) is 19.4 Å². The molecule has 0 aliphatic carbocycles. The average molecular weight is 502 g/mol. The van der Waals surface area contributed by atoms with Crippen LogP contribution >= 0.6 is 27.5 Å². The molecule has 0 heterocycles. The summed E-state index contributed by atoms with van der Waals surface area (Å²) in [5.74, 6) is 0.954. The molecule has 0 bridgehead atoms. The van der Waals surface area contributed by atoms with Crippen LogP contribution in [-0.4, -0.2) is 19.2 Å². The van der Waals surface area contributed by atoms with Gasteiger partial charge in [0.05, 0.1) is 17.8 Å². The number of carbonyl (C=O) groups excluding carboxylic acids is 1. The van der Waals surface area contributed by atoms with E-state index in [0.717, 1.165) is 16.7 Å². The first-order valence-electron chi connectivity index (χ1n) is 9.66. The van der Waals surface area contributed by atoms with Crippen molar-refractivity contribution in [1.82, 2.24) is 5.43 Å². The summed E-state index contributed by atoms with van der Waals surface area (Å²) in [6.45, 7) is 0.305. The van der Waals surface area contributed by atoms with E-state index in [1.165, 1.54) is 0 Å². The van der Waals surface area contributed by atoms with Crippen LogP contribution in [0.5, 0.6) is 11.5 Å². The van der Waals surface area contributed by atoms with Crippen LogP contribution in [0.15, 0.2) is 76.3 Å². The highest BCUT2D eigenvalue weighted by Gasteiger charge is 2.12. The molecule has 0 aromatic heterocycles. The fourth-order valence-electron chi connectivity index (χ4n) is 2.86. The summed E-state index contributed by atoms with van der Waals surface area (Å²) in [4.78, 5) is 12.0. The monoisotopic (exact) mass is 500 g/mol. The molecule has 0 radical (unpaired) electrons. The molecular formula is C24H22BrClN2O3. The lowest BCUT2D eigenvalue weighted by molar-refractivity contribution is -0.121. The molecule has 0 unspecified atom stereocenters. The lowest BCUT2D eigenvalue weighted by Gasteiger charge is -2.14. The summed E-state index contributed by atoms with van der Waals surface area (Å²) in [7, 11) is 1.57. The topological polar surface area (TPSA) is 59.9 Å². The van der Waals surface area contributed by atoms with Crippen molar-refractivity contribution in [2.75, 3.05) is 7.11 Å². The molecule has 3 aromatic carbocycles. The SMILES string of the molecule is COc1cc(/C=N/NC(=O)CCc2ccccc2)cc(Br)c1OCc1ccccc1Cl. The highest BCUT2D eigenvalue weighted by Crippen LogP contribution is 2.37. The first kappa shape index (κ1) is 22.8. The van der Waals surface area contributed by atoms with Crippen molar-refractivity contribution in [2.24, 2.45) is 5.10 Å². The maximum Gasteiger partial charge on any atom is 0.240 e. The highest BCUT2D eigenvalue weighted by molar-refractivity contribution is 9.10. The van der Waals surface area contributed by atoms with E-state index in [9.17, 15) is 4.79 Å². The normalized spacial score (nSPS) is 10.8. The summed E-state index contributed by atoms with van der Waals surface area (Å²) >= 11 is 9.71. The number of halogens is 2. The number of nitrogens with one attached hydrogen (secondary N) is 1. The largest absolute Gasteiger partial charge is 0.493 e. The van der Waals surface area contributed by atoms with E-state index >= 15 is 0 Å². The van der Waals surface area contributed by atoms with Gasteiger partial charge in [-0.3, -0.25) is 4.79 Å². The molecular weight excluding hydrogens is 480 g/mol. The lowest BCUT2D eigenvalue weighted by Crippen LogP contribution is -2.17. The zero-order valence-corrected chi connectivity index (χ0v) is 19.3. The molecule has 0 spiro atoms. The number of hydrogen-bond acceptors (Lipinski definition) is 4. The Labute approximate surface area is 195 Å². The van der Waals surface area contributed by atoms with Crippen molar-refractivity contribution in [2.45, 2.75) is 19.4 Å². The molecule has 0 saturated heterocycles. The van der Waals surface area contributed by atoms with Crippen molar-refractivity contribution in [3.05, 3.63) is 92.9 Å². The molecule has 0 saturated carbocycles. The zero-order chi connectivity index (χ0) is 22.1. The van der Waals surface area contributed by atoms with E-state index in [4.69, 9.17) is 21.1 Å². The van der Waals surface area contributed by atoms with Crippen LogP contribution in [0.3, 0.4) is 0 Å². The van der Waals surface area contributed by atoms with Crippen LogP contribution in [0.2, 0.25) is 5.02 Å². The summed E-state index contributed by atoms with van der Waals surface area (Å²) in [5.41, 5.74) is 5.29. The number of hydrogen-bond donors (Lipinski definition) is 1. The molecule has 160 valence electrons. The van der Waals surface area contributed by atoms with Crippen LogP contribution in [0.1, 0.15) is 23.1 Å². The minimum absolute atomic E-state index is 0.147. The van der Waals surface area contributed by atoms with E-state index in [2.05, 4.69) is 26.5 Å². The molecule has 0 fully saturated rings. The predicted molar refractivity (Wildman–Crippen MR) is 127 cm³/mol. The second kappa shape index (κ2) is 11.5. The fourth-order valence-corrected chi connectivity index (χ4v) is 3.62. The molecule has 0 atom stereocenters. The Kier molecular flexibility index (Phi) is 8.50. The standard InChI is InChI=1S/C24H22BrClN2O3/c1-30-22-14-18(15-27-28-23(29)12-11-17-7-3-2-4-8-17)13-20(25)24(22)31-16-19-9-5-6-10-21(19)26/h2-10,13-15H,11-12,16H2,1H3,(H,28,29)/b27-15+. The number of aryl methyl sites for hydroxylation is 1. The minimum atomic E-state index is -0.147. The summed E-state index contributed by atoms with van der Waals surface area (Å²) in [5, 5.41) is 4.69. The van der Waals surface area contributed by atoms with Crippen LogP contribution in [0, 0.1) is 0 Å². The molecule has 0 aliphatic rings. The van der Waals surface area contributed by atoms with E-state index in [0.29, 0.717) is 40.4 Å². The Bertz CT molecular complexity index is 1060. The van der Waals surface area contributed by atoms with Crippen LogP contribution in [0.4, 0.5) is 0 Å². The van der Waals surface area contributed by atoms with Gasteiger partial charge in [0.15, 0.2) is 11.5 Å². The maximum atomic E-state index is 12.0. The number of benzene rings is 3. The van der Waals surface area contributed by atoms with Gasteiger partial charge in [-0.1, -0.05) is 60.1 Å². The number of rotatable bonds is 9. The number of carbonyl (C=O) groups is 1. The summed E-state index contributed by atoms with van der Waals surface area (Å²) in [6.07, 6.45) is 2.59. The van der Waals surface area contributed by atoms with Crippen molar-refractivity contribution in [3.63, 3.8) is 0 Å². The molecule has 0 aliphatic heterocycles. The van der Waals surface area contributed by atoms with Crippen LogP contribution in [0.25, 0.3) is 0 Å². The van der Waals surface area contributed by atoms with Gasteiger partial charge in [0.1, 0.15) is 6.61 Å². The van der Waals surface area contributed by atoms with Gasteiger partial charge < -0.3 is 9.47 Å². The Hall–Kier alpha value is -2.83. The number of hydrazone groups is 1. The third-order valence-electron chi connectivity index (χ3n) is 4.47. The summed E-state index contributed by atoms with van der Waals surface area (Å²) in [6, 6.07) is 21.0. The lowest BCUT2D eigenvalue weighted by atomic mass is 10.1. The van der Waals surface area contributed by atoms with Gasteiger partial charge in [-0.2, -0.15) is 5.10 Å². The maximum absolute atomic E-state index is 12.0. The van der Waals surface area contributed by atoms with Gasteiger partial charge in [-0.15, -0.1) is 0 Å². The van der Waals surface area contributed by atoms with Crippen molar-refractivity contribution < 1.29 is 14.3 Å². The van der Waals surface area contributed by atoms with Crippen molar-refractivity contribution in [1.29, 1.82) is 0 Å². The second-order valence-electron chi connectivity index (χ2n) is 6.69. The third-order valence-corrected chi connectivity index (χ3v) is 5.43. The van der Waals surface area contributed by atoms with Gasteiger partial charge in [-0.05, 0) is 51.7 Å². The van der Waals surface area contributed by atoms with Crippen LogP contribution < -0.4 is 14.9 Å². The summed E-state index contributed by atoms with van der Waals surface area (Å²) < 4.78 is 12.1. The molecule has 1 amide bonds. The van der Waals surface area contributed by atoms with Gasteiger partial charge in [-0.25, -0.2) is 5.43 Å². The van der Waals surface area contributed by atoms with Gasteiger partial charge in [0, 0.05) is 17.0 Å². The Morgan fingerprint density at radius 3 is 2.61 bits per heavy atom. The quantitative estimate of drug-likeness (QED) is 0.299. The van der Waals surface area contributed by atoms with Gasteiger partial charge in [0.2, 0.25) is 5.91 Å². The molecule has 5 nitrogen and oxygen atoms in total. The van der Waals surface area contributed by atoms with Crippen LogP contribution in [-0.2, 0) is 17.8 Å². The predicted octanol–water partition coefficient (Wildman–Crippen LogP) is 5.77. The Morgan fingerprint density at radius 2 is 1.87 bits per heavy atom. The third kappa shape index (κ3) is 6.84. The number of nitrogens with zero attached hydrogens (tertiary/aromatic N) is 1. The molecule has 31 heavy (non-hydrogen) atoms. The first-order chi connectivity index (χ1) is 15.1. The average Bonchev–Trinajstić information content (AvgIpc) is 2.78. The number of ether oxygens (including phenoxy) is 2. The van der Waals surface area contributed by atoms with Crippen molar-refractivity contribution >= 4 is 39.7 Å². The molecule has 1 N–H and O–H groups in total. The Balaban J connectivity index is 1.59. The number of amides is 1. The smallest absolute Gasteiger partial charge is 0.240 e. The van der Waals surface area contributed by atoms with Gasteiger partial charge in [0.25, 0.3) is 0 Å².